The number of benzene rings is 2. The third-order valence-corrected chi connectivity index (χ3v) is 4.32. The number of nitrogens with two attached hydrogens (primary N) is 1. The van der Waals surface area contributed by atoms with Crippen LogP contribution in [0.15, 0.2) is 48.5 Å². The summed E-state index contributed by atoms with van der Waals surface area (Å²) in [5.41, 5.74) is 7.16. The Morgan fingerprint density at radius 2 is 1.56 bits per heavy atom. The quantitative estimate of drug-likeness (QED) is 0.646. The van der Waals surface area contributed by atoms with Gasteiger partial charge in [0.1, 0.15) is 17.5 Å². The second-order valence-electron chi connectivity index (χ2n) is 6.45. The van der Waals surface area contributed by atoms with E-state index in [-0.39, 0.29) is 11.8 Å². The summed E-state index contributed by atoms with van der Waals surface area (Å²) in [6, 6.07) is 14.6. The molecule has 2 aromatic carbocycles. The highest BCUT2D eigenvalue weighted by Crippen LogP contribution is 2.23. The van der Waals surface area contributed by atoms with Crippen LogP contribution in [0.1, 0.15) is 17.5 Å². The number of carbonyl (C=O) groups is 2. The summed E-state index contributed by atoms with van der Waals surface area (Å²) in [4.78, 5) is 26.9. The number of nitrogens with one attached hydrogen (secondary N) is 1. The van der Waals surface area contributed by atoms with Gasteiger partial charge in [-0.15, -0.1) is 0 Å². The minimum Gasteiger partial charge on any atom is -0.457 e. The van der Waals surface area contributed by atoms with E-state index in [2.05, 4.69) is 4.84 Å². The normalized spacial score (nSPS) is 11.7. The first kappa shape index (κ1) is 20.7. The molecule has 0 radical (unpaired) electrons. The zero-order valence-corrected chi connectivity index (χ0v) is 16.2. The van der Waals surface area contributed by atoms with Gasteiger partial charge in [0.05, 0.1) is 0 Å². The molecule has 0 aliphatic carbocycles. The number of rotatable bonds is 9. The van der Waals surface area contributed by atoms with Crippen molar-refractivity contribution in [3.05, 3.63) is 59.7 Å². The third-order valence-electron chi connectivity index (χ3n) is 4.05. The van der Waals surface area contributed by atoms with E-state index >= 15 is 0 Å². The molecule has 2 rings (SSSR count). The number of likely N-dealkylation sites (N-methyl/N-ethyl adjacent to an activating group) is 1. The van der Waals surface area contributed by atoms with E-state index in [0.29, 0.717) is 30.8 Å². The maximum atomic E-state index is 12.0. The number of carbonyl (C=O) groups excluding carboxylic acids is 2. The highest BCUT2D eigenvalue weighted by atomic mass is 35.5. The lowest BCUT2D eigenvalue weighted by atomic mass is 10.1. The van der Waals surface area contributed by atoms with Gasteiger partial charge in [-0.3, -0.25) is 9.59 Å². The Balaban J connectivity index is 1.95. The lowest BCUT2D eigenvalue weighted by Gasteiger charge is -2.19. The van der Waals surface area contributed by atoms with Crippen molar-refractivity contribution < 1.29 is 14.3 Å². The van der Waals surface area contributed by atoms with E-state index in [1.54, 1.807) is 14.1 Å². The Morgan fingerprint density at radius 1 is 1.04 bits per heavy atom. The molecule has 0 spiro atoms. The average molecular weight is 390 g/mol. The fraction of sp³-hybridized carbons (Fsp3) is 0.300. The molecule has 1 atom stereocenters. The minimum atomic E-state index is -0.485. The van der Waals surface area contributed by atoms with Gasteiger partial charge in [0, 0.05) is 20.5 Å². The minimum absolute atomic E-state index is 0.0817. The molecule has 3 N–H and O–H groups in total. The number of halogens is 1. The van der Waals surface area contributed by atoms with Crippen molar-refractivity contribution in [2.75, 3.05) is 14.1 Å². The van der Waals surface area contributed by atoms with Gasteiger partial charge in [-0.1, -0.05) is 24.3 Å². The molecule has 6 nitrogen and oxygen atoms in total. The summed E-state index contributed by atoms with van der Waals surface area (Å²) < 4.78 is 5.82. The number of aryl methyl sites for hydroxylation is 1. The Morgan fingerprint density at radius 3 is 2.00 bits per heavy atom. The third kappa shape index (κ3) is 6.58. The van der Waals surface area contributed by atoms with Gasteiger partial charge >= 0.3 is 0 Å². The first-order chi connectivity index (χ1) is 12.9. The van der Waals surface area contributed by atoms with Gasteiger partial charge in [-0.25, -0.2) is 4.84 Å². The van der Waals surface area contributed by atoms with E-state index in [1.807, 2.05) is 48.5 Å². The first-order valence-corrected chi connectivity index (χ1v) is 8.98. The van der Waals surface area contributed by atoms with Crippen LogP contribution in [0.4, 0.5) is 0 Å². The van der Waals surface area contributed by atoms with E-state index in [1.165, 1.54) is 4.90 Å². The zero-order valence-electron chi connectivity index (χ0n) is 15.4. The van der Waals surface area contributed by atoms with Crippen molar-refractivity contribution in [2.45, 2.75) is 25.3 Å². The molecule has 0 heterocycles. The predicted molar refractivity (Wildman–Crippen MR) is 106 cm³/mol. The number of hydrogen-bond acceptors (Lipinski definition) is 4. The van der Waals surface area contributed by atoms with Crippen LogP contribution in [0.3, 0.4) is 0 Å². The van der Waals surface area contributed by atoms with Crippen LogP contribution in [0.2, 0.25) is 0 Å². The van der Waals surface area contributed by atoms with E-state index in [0.717, 1.165) is 11.1 Å². The Kier molecular flexibility index (Phi) is 7.64. The Labute approximate surface area is 164 Å². The molecular formula is C20H24ClN3O3. The summed E-state index contributed by atoms with van der Waals surface area (Å²) in [6.45, 7) is 0. The molecule has 0 unspecified atom stereocenters. The molecular weight excluding hydrogens is 366 g/mol. The summed E-state index contributed by atoms with van der Waals surface area (Å²) in [7, 11) is 3.39. The van der Waals surface area contributed by atoms with Crippen molar-refractivity contribution in [1.82, 2.24) is 9.74 Å². The van der Waals surface area contributed by atoms with Crippen LogP contribution < -0.4 is 15.3 Å². The highest BCUT2D eigenvalue weighted by molar-refractivity contribution is 6.15. The predicted octanol–water partition coefficient (Wildman–Crippen LogP) is 2.64. The Bertz CT molecular complexity index is 761. The van der Waals surface area contributed by atoms with E-state index in [9.17, 15) is 9.59 Å². The fourth-order valence-corrected chi connectivity index (χ4v) is 2.71. The van der Waals surface area contributed by atoms with Crippen molar-refractivity contribution in [2.24, 2.45) is 5.73 Å². The second kappa shape index (κ2) is 9.94. The molecule has 0 bridgehead atoms. The number of nitrogens with zero attached hydrogens (tertiary/aromatic N) is 1. The summed E-state index contributed by atoms with van der Waals surface area (Å²) in [5, 5.41) is 0. The van der Waals surface area contributed by atoms with Crippen molar-refractivity contribution in [3.63, 3.8) is 0 Å². The smallest absolute Gasteiger partial charge is 0.240 e. The van der Waals surface area contributed by atoms with E-state index in [4.69, 9.17) is 22.2 Å². The lowest BCUT2D eigenvalue weighted by Crippen LogP contribution is -2.41. The number of amides is 2. The van der Waals surface area contributed by atoms with Crippen LogP contribution in [0.5, 0.6) is 11.5 Å². The standard InChI is InChI=1S/C20H24ClN3O3/c1-24(2)20(26)18(23-21)13-15-5-10-17(11-6-15)27-16-8-3-14(4-9-16)7-12-19(22)25/h3-6,8-11,18,23H,7,12-13H2,1-2H3,(H2,22,25)/t18-/m0/s1. The summed E-state index contributed by atoms with van der Waals surface area (Å²) in [5.74, 6) is 1.00. The van der Waals surface area contributed by atoms with Crippen LogP contribution in [-0.4, -0.2) is 36.9 Å². The topological polar surface area (TPSA) is 84.7 Å². The lowest BCUT2D eigenvalue weighted by molar-refractivity contribution is -0.130. The molecule has 0 aromatic heterocycles. The molecule has 0 saturated carbocycles. The van der Waals surface area contributed by atoms with Crippen molar-refractivity contribution in [3.8, 4) is 11.5 Å². The number of hydrogen-bond donors (Lipinski definition) is 2. The zero-order chi connectivity index (χ0) is 19.8. The van der Waals surface area contributed by atoms with Gasteiger partial charge in [0.2, 0.25) is 11.8 Å². The summed E-state index contributed by atoms with van der Waals surface area (Å²) in [6.07, 6.45) is 1.43. The highest BCUT2D eigenvalue weighted by Gasteiger charge is 2.19. The van der Waals surface area contributed by atoms with E-state index < -0.39 is 6.04 Å². The fourth-order valence-electron chi connectivity index (χ4n) is 2.54. The monoisotopic (exact) mass is 389 g/mol. The van der Waals surface area contributed by atoms with Crippen LogP contribution >= 0.6 is 11.8 Å². The maximum absolute atomic E-state index is 12.0. The van der Waals surface area contributed by atoms with Gasteiger partial charge in [0.15, 0.2) is 0 Å². The molecule has 0 aliphatic heterocycles. The molecule has 0 saturated heterocycles. The van der Waals surface area contributed by atoms with Crippen LogP contribution in [0.25, 0.3) is 0 Å². The molecule has 144 valence electrons. The van der Waals surface area contributed by atoms with Crippen molar-refractivity contribution >= 4 is 23.6 Å². The van der Waals surface area contributed by atoms with Crippen LogP contribution in [0, 0.1) is 0 Å². The maximum Gasteiger partial charge on any atom is 0.240 e. The summed E-state index contributed by atoms with van der Waals surface area (Å²) >= 11 is 5.70. The van der Waals surface area contributed by atoms with Crippen LogP contribution in [-0.2, 0) is 22.4 Å². The largest absolute Gasteiger partial charge is 0.457 e. The van der Waals surface area contributed by atoms with Gasteiger partial charge in [-0.2, -0.15) is 0 Å². The molecule has 0 aliphatic rings. The average Bonchev–Trinajstić information content (AvgIpc) is 2.66. The number of primary amides is 1. The second-order valence-corrected chi connectivity index (χ2v) is 6.67. The van der Waals surface area contributed by atoms with Crippen molar-refractivity contribution in [1.29, 1.82) is 0 Å². The molecule has 0 fully saturated rings. The van der Waals surface area contributed by atoms with Gasteiger partial charge < -0.3 is 15.4 Å². The SMILES string of the molecule is CN(C)C(=O)[C@H](Cc1ccc(Oc2ccc(CCC(N)=O)cc2)cc1)NCl. The molecule has 7 heteroatoms. The number of ether oxygens (including phenoxy) is 1. The molecule has 27 heavy (non-hydrogen) atoms. The van der Waals surface area contributed by atoms with Gasteiger partial charge in [0.25, 0.3) is 0 Å². The Hall–Kier alpha value is -2.57. The first-order valence-electron chi connectivity index (χ1n) is 8.60. The van der Waals surface area contributed by atoms with Gasteiger partial charge in [-0.05, 0) is 60.0 Å². The molecule has 2 aromatic rings. The molecule has 2 amide bonds.